The number of hydrogen-bond acceptors (Lipinski definition) is 5. The molecule has 1 heterocycles. The molecule has 18 heavy (non-hydrogen) atoms. The second-order valence-electron chi connectivity index (χ2n) is 3.62. The van der Waals surface area contributed by atoms with Crippen LogP contribution in [0.25, 0.3) is 0 Å². The maximum Gasteiger partial charge on any atom is 0.411 e. The van der Waals surface area contributed by atoms with E-state index in [1.807, 2.05) is 0 Å². The lowest BCUT2D eigenvalue weighted by atomic mass is 10.3. The van der Waals surface area contributed by atoms with Crippen LogP contribution in [0.15, 0.2) is 24.3 Å². The lowest BCUT2D eigenvalue weighted by molar-refractivity contribution is -0.0759. The maximum atomic E-state index is 11.4. The molecule has 0 atom stereocenters. The summed E-state index contributed by atoms with van der Waals surface area (Å²) in [5, 5.41) is 2.59. The molecule has 98 valence electrons. The van der Waals surface area contributed by atoms with Crippen molar-refractivity contribution < 1.29 is 23.7 Å². The highest BCUT2D eigenvalue weighted by Gasteiger charge is 2.17. The van der Waals surface area contributed by atoms with Crippen LogP contribution in [-0.4, -0.2) is 39.3 Å². The Bertz CT molecular complexity index is 386. The Balaban J connectivity index is 1.75. The van der Waals surface area contributed by atoms with Gasteiger partial charge in [0.1, 0.15) is 12.4 Å². The van der Waals surface area contributed by atoms with E-state index >= 15 is 0 Å². The van der Waals surface area contributed by atoms with Gasteiger partial charge in [-0.15, -0.1) is 0 Å². The standard InChI is InChI=1S/C12H15NO5/c1-15-10-4-2-9(3-5-10)13-12(14)18-8-11-16-6-7-17-11/h2-5,11H,6-8H2,1H3,(H,13,14). The number of methoxy groups -OCH3 is 1. The Morgan fingerprint density at radius 1 is 1.33 bits per heavy atom. The fourth-order valence-corrected chi connectivity index (χ4v) is 1.48. The van der Waals surface area contributed by atoms with Crippen molar-refractivity contribution >= 4 is 11.8 Å². The van der Waals surface area contributed by atoms with Gasteiger partial charge in [-0.05, 0) is 24.3 Å². The Labute approximate surface area is 105 Å². The zero-order chi connectivity index (χ0) is 12.8. The van der Waals surface area contributed by atoms with Gasteiger partial charge in [0, 0.05) is 5.69 Å². The zero-order valence-corrected chi connectivity index (χ0v) is 10.0. The number of rotatable bonds is 4. The number of hydrogen-bond donors (Lipinski definition) is 1. The normalized spacial score (nSPS) is 15.4. The predicted octanol–water partition coefficient (Wildman–Crippen LogP) is 1.62. The van der Waals surface area contributed by atoms with E-state index < -0.39 is 12.4 Å². The topological polar surface area (TPSA) is 66.0 Å². The molecule has 6 nitrogen and oxygen atoms in total. The van der Waals surface area contributed by atoms with Crippen molar-refractivity contribution in [3.05, 3.63) is 24.3 Å². The van der Waals surface area contributed by atoms with E-state index in [0.717, 1.165) is 5.75 Å². The van der Waals surface area contributed by atoms with Gasteiger partial charge in [-0.3, -0.25) is 5.32 Å². The van der Waals surface area contributed by atoms with Gasteiger partial charge in [0.15, 0.2) is 6.29 Å². The van der Waals surface area contributed by atoms with Gasteiger partial charge in [-0.25, -0.2) is 4.79 Å². The summed E-state index contributed by atoms with van der Waals surface area (Å²) in [6, 6.07) is 6.95. The second-order valence-corrected chi connectivity index (χ2v) is 3.62. The summed E-state index contributed by atoms with van der Waals surface area (Å²) in [6.07, 6.45) is -0.995. The Kier molecular flexibility index (Phi) is 4.38. The fourth-order valence-electron chi connectivity index (χ4n) is 1.48. The predicted molar refractivity (Wildman–Crippen MR) is 63.7 cm³/mol. The van der Waals surface area contributed by atoms with Gasteiger partial charge in [-0.2, -0.15) is 0 Å². The summed E-state index contributed by atoms with van der Waals surface area (Å²) in [7, 11) is 1.58. The van der Waals surface area contributed by atoms with Gasteiger partial charge in [0.05, 0.1) is 20.3 Å². The van der Waals surface area contributed by atoms with E-state index in [1.165, 1.54) is 0 Å². The summed E-state index contributed by atoms with van der Waals surface area (Å²) >= 11 is 0. The molecule has 0 saturated carbocycles. The van der Waals surface area contributed by atoms with E-state index in [2.05, 4.69) is 5.32 Å². The van der Waals surface area contributed by atoms with Gasteiger partial charge in [-0.1, -0.05) is 0 Å². The van der Waals surface area contributed by atoms with Crippen LogP contribution in [-0.2, 0) is 14.2 Å². The molecule has 2 rings (SSSR count). The quantitative estimate of drug-likeness (QED) is 0.883. The second kappa shape index (κ2) is 6.23. The molecule has 1 aromatic carbocycles. The van der Waals surface area contributed by atoms with Gasteiger partial charge < -0.3 is 18.9 Å². The monoisotopic (exact) mass is 253 g/mol. The fraction of sp³-hybridized carbons (Fsp3) is 0.417. The van der Waals surface area contributed by atoms with Crippen molar-refractivity contribution in [1.82, 2.24) is 0 Å². The summed E-state index contributed by atoms with van der Waals surface area (Å²) < 4.78 is 20.2. The molecule has 1 saturated heterocycles. The third-order valence-corrected chi connectivity index (χ3v) is 2.38. The minimum atomic E-state index is -0.542. The van der Waals surface area contributed by atoms with Crippen LogP contribution in [0.3, 0.4) is 0 Å². The Morgan fingerprint density at radius 3 is 2.61 bits per heavy atom. The largest absolute Gasteiger partial charge is 0.497 e. The van der Waals surface area contributed by atoms with Gasteiger partial charge >= 0.3 is 6.09 Å². The zero-order valence-electron chi connectivity index (χ0n) is 10.0. The molecule has 1 N–H and O–H groups in total. The average Bonchev–Trinajstić information content (AvgIpc) is 2.90. The minimum Gasteiger partial charge on any atom is -0.497 e. The van der Waals surface area contributed by atoms with E-state index in [4.69, 9.17) is 18.9 Å². The number of anilines is 1. The highest BCUT2D eigenvalue weighted by Crippen LogP contribution is 2.15. The van der Waals surface area contributed by atoms with Crippen LogP contribution in [0.5, 0.6) is 5.75 Å². The summed E-state index contributed by atoms with van der Waals surface area (Å²) in [6.45, 7) is 1.16. The minimum absolute atomic E-state index is 0.0853. The number of amides is 1. The number of benzene rings is 1. The molecule has 1 fully saturated rings. The smallest absolute Gasteiger partial charge is 0.411 e. The number of nitrogens with one attached hydrogen (secondary N) is 1. The number of carbonyl (C=O) groups excluding carboxylic acids is 1. The number of ether oxygens (including phenoxy) is 4. The molecule has 1 amide bonds. The van der Waals surface area contributed by atoms with E-state index in [-0.39, 0.29) is 6.61 Å². The molecular weight excluding hydrogens is 238 g/mol. The lowest BCUT2D eigenvalue weighted by Gasteiger charge is -2.10. The van der Waals surface area contributed by atoms with Crippen LogP contribution < -0.4 is 10.1 Å². The molecule has 0 aliphatic carbocycles. The van der Waals surface area contributed by atoms with E-state index in [9.17, 15) is 4.79 Å². The molecule has 6 heteroatoms. The van der Waals surface area contributed by atoms with Crippen molar-refractivity contribution in [2.45, 2.75) is 6.29 Å². The molecule has 1 aliphatic rings. The first-order valence-electron chi connectivity index (χ1n) is 5.59. The van der Waals surface area contributed by atoms with Crippen LogP contribution in [0.4, 0.5) is 10.5 Å². The first kappa shape index (κ1) is 12.7. The molecule has 1 aromatic rings. The highest BCUT2D eigenvalue weighted by molar-refractivity contribution is 5.84. The van der Waals surface area contributed by atoms with Crippen molar-refractivity contribution in [1.29, 1.82) is 0 Å². The van der Waals surface area contributed by atoms with Crippen LogP contribution >= 0.6 is 0 Å². The average molecular weight is 253 g/mol. The van der Waals surface area contributed by atoms with Crippen molar-refractivity contribution in [3.8, 4) is 5.75 Å². The summed E-state index contributed by atoms with van der Waals surface area (Å²) in [4.78, 5) is 11.4. The van der Waals surface area contributed by atoms with Crippen LogP contribution in [0, 0.1) is 0 Å². The Hall–Kier alpha value is -1.79. The molecular formula is C12H15NO5. The van der Waals surface area contributed by atoms with Crippen LogP contribution in [0.1, 0.15) is 0 Å². The Morgan fingerprint density at radius 2 is 2.00 bits per heavy atom. The first-order chi connectivity index (χ1) is 8.78. The van der Waals surface area contributed by atoms with E-state index in [0.29, 0.717) is 18.9 Å². The molecule has 0 unspecified atom stereocenters. The highest BCUT2D eigenvalue weighted by atomic mass is 16.7. The molecule has 1 aliphatic heterocycles. The van der Waals surface area contributed by atoms with Gasteiger partial charge in [0.2, 0.25) is 0 Å². The number of carbonyl (C=O) groups is 1. The van der Waals surface area contributed by atoms with Crippen molar-refractivity contribution in [2.24, 2.45) is 0 Å². The van der Waals surface area contributed by atoms with Crippen molar-refractivity contribution in [3.63, 3.8) is 0 Å². The first-order valence-corrected chi connectivity index (χ1v) is 5.59. The van der Waals surface area contributed by atoms with E-state index in [1.54, 1.807) is 31.4 Å². The van der Waals surface area contributed by atoms with Crippen molar-refractivity contribution in [2.75, 3.05) is 32.2 Å². The third-order valence-electron chi connectivity index (χ3n) is 2.38. The van der Waals surface area contributed by atoms with Gasteiger partial charge in [0.25, 0.3) is 0 Å². The molecule has 0 bridgehead atoms. The molecule has 0 radical (unpaired) electrons. The summed E-state index contributed by atoms with van der Waals surface area (Å²) in [5.74, 6) is 0.724. The van der Waals surface area contributed by atoms with Crippen LogP contribution in [0.2, 0.25) is 0 Å². The molecule has 0 spiro atoms. The lowest BCUT2D eigenvalue weighted by Crippen LogP contribution is -2.22. The third kappa shape index (κ3) is 3.61. The maximum absolute atomic E-state index is 11.4. The SMILES string of the molecule is COc1ccc(NC(=O)OCC2OCCO2)cc1. The molecule has 0 aromatic heterocycles. The summed E-state index contributed by atoms with van der Waals surface area (Å²) in [5.41, 5.74) is 0.633.